The molecule has 0 unspecified atom stereocenters. The van der Waals surface area contributed by atoms with Crippen LogP contribution in [-0.2, 0) is 15.4 Å². The Hall–Kier alpha value is -4.01. The lowest BCUT2D eigenvalue weighted by atomic mass is 9.94. The van der Waals surface area contributed by atoms with Gasteiger partial charge in [0, 0.05) is 49.5 Å². The van der Waals surface area contributed by atoms with Crippen LogP contribution < -0.4 is 25.4 Å². The zero-order valence-electron chi connectivity index (χ0n) is 23.1. The molecule has 4 N–H and O–H groups in total. The molecular formula is C27H32N6O6S2. The monoisotopic (exact) mass is 600 g/mol. The van der Waals surface area contributed by atoms with Gasteiger partial charge >= 0.3 is 6.03 Å². The van der Waals surface area contributed by atoms with E-state index in [4.69, 9.17) is 4.74 Å². The number of ether oxygens (including phenoxy) is 1. The van der Waals surface area contributed by atoms with Crippen LogP contribution in [0, 0.1) is 0 Å². The molecule has 218 valence electrons. The van der Waals surface area contributed by atoms with Crippen LogP contribution in [0.2, 0.25) is 0 Å². The number of carbonyl (C=O) groups excluding carboxylic acids is 3. The van der Waals surface area contributed by atoms with Crippen molar-refractivity contribution < 1.29 is 27.5 Å². The number of benzene rings is 1. The van der Waals surface area contributed by atoms with Crippen molar-refractivity contribution >= 4 is 50.6 Å². The number of hydrogen-bond donors (Lipinski definition) is 4. The number of urea groups is 1. The van der Waals surface area contributed by atoms with Crippen molar-refractivity contribution in [1.29, 1.82) is 0 Å². The van der Waals surface area contributed by atoms with Crippen LogP contribution >= 0.6 is 11.3 Å². The molecule has 0 aliphatic carbocycles. The van der Waals surface area contributed by atoms with E-state index in [1.165, 1.54) is 35.5 Å². The number of rotatable bonds is 6. The summed E-state index contributed by atoms with van der Waals surface area (Å²) in [5, 5.41) is 8.04. The Labute approximate surface area is 242 Å². The molecule has 1 aliphatic heterocycles. The van der Waals surface area contributed by atoms with Crippen molar-refractivity contribution in [3.8, 4) is 11.5 Å². The van der Waals surface area contributed by atoms with Gasteiger partial charge in [-0.05, 0) is 41.8 Å². The summed E-state index contributed by atoms with van der Waals surface area (Å²) < 4.78 is 32.1. The average Bonchev–Trinajstić information content (AvgIpc) is 3.26. The number of amides is 4. The second-order valence-corrected chi connectivity index (χ2v) is 13.2. The SMILES string of the molecule is CNC(=O)c1cc(Oc2ccc(NC(=O)Nc3cc(C(C)(C)C)sc3C(=O)N3CCNS(=O)(=O)CC3)cc2)ccn1. The molecule has 1 aromatic carbocycles. The smallest absolute Gasteiger partial charge is 0.323 e. The van der Waals surface area contributed by atoms with Gasteiger partial charge in [-0.25, -0.2) is 17.9 Å². The Balaban J connectivity index is 1.45. The van der Waals surface area contributed by atoms with Crippen LogP contribution in [0.25, 0.3) is 0 Å². The summed E-state index contributed by atoms with van der Waals surface area (Å²) in [6.45, 7) is 6.44. The number of pyridine rings is 1. The second-order valence-electron chi connectivity index (χ2n) is 10.3. The maximum Gasteiger partial charge on any atom is 0.323 e. The summed E-state index contributed by atoms with van der Waals surface area (Å²) in [6.07, 6.45) is 1.47. The Bertz CT molecular complexity index is 1550. The van der Waals surface area contributed by atoms with E-state index in [9.17, 15) is 22.8 Å². The van der Waals surface area contributed by atoms with Gasteiger partial charge in [-0.3, -0.25) is 14.6 Å². The lowest BCUT2D eigenvalue weighted by Crippen LogP contribution is -2.35. The van der Waals surface area contributed by atoms with Crippen molar-refractivity contribution in [2.75, 3.05) is 43.1 Å². The fourth-order valence-electron chi connectivity index (χ4n) is 3.86. The number of carbonyl (C=O) groups is 3. The van der Waals surface area contributed by atoms with Crippen LogP contribution in [-0.4, -0.2) is 68.6 Å². The number of anilines is 2. The predicted molar refractivity (Wildman–Crippen MR) is 157 cm³/mol. The molecule has 3 heterocycles. The number of aromatic nitrogens is 1. The van der Waals surface area contributed by atoms with E-state index in [1.807, 2.05) is 20.8 Å². The number of nitrogens with one attached hydrogen (secondary N) is 4. The first-order chi connectivity index (χ1) is 19.3. The Kier molecular flexibility index (Phi) is 8.95. The van der Waals surface area contributed by atoms with Gasteiger partial charge in [-0.15, -0.1) is 11.3 Å². The van der Waals surface area contributed by atoms with Crippen LogP contribution in [0.3, 0.4) is 0 Å². The summed E-state index contributed by atoms with van der Waals surface area (Å²) in [4.78, 5) is 44.9. The normalized spacial score (nSPS) is 15.0. The van der Waals surface area contributed by atoms with E-state index in [0.29, 0.717) is 27.8 Å². The minimum atomic E-state index is -3.43. The molecule has 4 rings (SSSR count). The Morgan fingerprint density at radius 3 is 2.44 bits per heavy atom. The molecule has 3 aromatic rings. The van der Waals surface area contributed by atoms with Gasteiger partial charge < -0.3 is 25.6 Å². The van der Waals surface area contributed by atoms with Crippen molar-refractivity contribution in [2.45, 2.75) is 26.2 Å². The van der Waals surface area contributed by atoms with Gasteiger partial charge in [0.1, 0.15) is 22.1 Å². The van der Waals surface area contributed by atoms with E-state index in [-0.39, 0.29) is 48.3 Å². The highest BCUT2D eigenvalue weighted by atomic mass is 32.2. The summed E-state index contributed by atoms with van der Waals surface area (Å²) in [7, 11) is -1.91. The summed E-state index contributed by atoms with van der Waals surface area (Å²) in [6, 6.07) is 11.0. The van der Waals surface area contributed by atoms with Crippen molar-refractivity contribution in [1.82, 2.24) is 19.9 Å². The number of hydrogen-bond acceptors (Lipinski definition) is 8. The first kappa shape index (κ1) is 30.0. The fourth-order valence-corrected chi connectivity index (χ4v) is 6.01. The average molecular weight is 601 g/mol. The second kappa shape index (κ2) is 12.2. The van der Waals surface area contributed by atoms with E-state index in [2.05, 4.69) is 25.7 Å². The first-order valence-electron chi connectivity index (χ1n) is 12.8. The molecule has 0 spiro atoms. The number of sulfonamides is 1. The largest absolute Gasteiger partial charge is 0.457 e. The predicted octanol–water partition coefficient (Wildman–Crippen LogP) is 3.61. The van der Waals surface area contributed by atoms with Gasteiger partial charge in [-0.1, -0.05) is 20.8 Å². The molecule has 4 amide bonds. The topological polar surface area (TPSA) is 159 Å². The van der Waals surface area contributed by atoms with Gasteiger partial charge in [0.25, 0.3) is 11.8 Å². The third-order valence-electron chi connectivity index (χ3n) is 6.07. The number of thiophene rings is 1. The van der Waals surface area contributed by atoms with Crippen molar-refractivity contribution in [3.05, 3.63) is 64.1 Å². The molecule has 0 atom stereocenters. The maximum atomic E-state index is 13.4. The third kappa shape index (κ3) is 7.80. The van der Waals surface area contributed by atoms with Gasteiger partial charge in [0.05, 0.1) is 11.4 Å². The lowest BCUT2D eigenvalue weighted by molar-refractivity contribution is 0.0777. The molecule has 1 fully saturated rings. The molecule has 0 bridgehead atoms. The minimum Gasteiger partial charge on any atom is -0.457 e. The fraction of sp³-hybridized carbons (Fsp3) is 0.333. The molecule has 0 radical (unpaired) electrons. The standard InChI is InChI=1S/C27H32N6O6S2/c1-27(2,3)22-16-20(23(40-22)25(35)33-12-11-30-41(37,38)14-13-33)32-26(36)31-17-5-7-18(8-6-17)39-19-9-10-29-21(15-19)24(34)28-4/h5-10,15-16,30H,11-14H2,1-4H3,(H,28,34)(H2,31,32,36). The quantitative estimate of drug-likeness (QED) is 0.336. The summed E-state index contributed by atoms with van der Waals surface area (Å²) >= 11 is 1.28. The molecule has 0 saturated carbocycles. The zero-order chi connectivity index (χ0) is 29.8. The van der Waals surface area contributed by atoms with Gasteiger partial charge in [0.2, 0.25) is 10.0 Å². The van der Waals surface area contributed by atoms with Crippen LogP contribution in [0.1, 0.15) is 45.8 Å². The van der Waals surface area contributed by atoms with Crippen LogP contribution in [0.15, 0.2) is 48.7 Å². The molecular weight excluding hydrogens is 568 g/mol. The molecule has 14 heteroatoms. The summed E-state index contributed by atoms with van der Waals surface area (Å²) in [5.41, 5.74) is 0.787. The van der Waals surface area contributed by atoms with Crippen LogP contribution in [0.5, 0.6) is 11.5 Å². The van der Waals surface area contributed by atoms with E-state index < -0.39 is 16.1 Å². The van der Waals surface area contributed by atoms with Gasteiger partial charge in [0.15, 0.2) is 0 Å². The van der Waals surface area contributed by atoms with E-state index in [1.54, 1.807) is 36.4 Å². The van der Waals surface area contributed by atoms with Crippen LogP contribution in [0.4, 0.5) is 16.2 Å². The third-order valence-corrected chi connectivity index (χ3v) is 8.99. The minimum absolute atomic E-state index is 0.0591. The van der Waals surface area contributed by atoms with Gasteiger partial charge in [-0.2, -0.15) is 0 Å². The number of nitrogens with zero attached hydrogens (tertiary/aromatic N) is 2. The summed E-state index contributed by atoms with van der Waals surface area (Å²) in [5.74, 6) is 0.0633. The molecule has 12 nitrogen and oxygen atoms in total. The molecule has 2 aromatic heterocycles. The highest BCUT2D eigenvalue weighted by molar-refractivity contribution is 7.89. The first-order valence-corrected chi connectivity index (χ1v) is 15.3. The van der Waals surface area contributed by atoms with Crippen molar-refractivity contribution in [3.63, 3.8) is 0 Å². The zero-order valence-corrected chi connectivity index (χ0v) is 24.7. The van der Waals surface area contributed by atoms with Crippen molar-refractivity contribution in [2.24, 2.45) is 0 Å². The Morgan fingerprint density at radius 2 is 1.76 bits per heavy atom. The maximum absolute atomic E-state index is 13.4. The lowest BCUT2D eigenvalue weighted by Gasteiger charge is -2.19. The van der Waals surface area contributed by atoms with E-state index in [0.717, 1.165) is 4.88 Å². The molecule has 1 aliphatic rings. The Morgan fingerprint density at radius 1 is 1.02 bits per heavy atom. The highest BCUT2D eigenvalue weighted by Crippen LogP contribution is 2.36. The van der Waals surface area contributed by atoms with E-state index >= 15 is 0 Å². The molecule has 41 heavy (non-hydrogen) atoms. The highest BCUT2D eigenvalue weighted by Gasteiger charge is 2.29. The molecule has 1 saturated heterocycles.